The van der Waals surface area contributed by atoms with Gasteiger partial charge in [-0.15, -0.1) is 0 Å². The van der Waals surface area contributed by atoms with Gasteiger partial charge in [0.1, 0.15) is 0 Å². The summed E-state index contributed by atoms with van der Waals surface area (Å²) >= 11 is 0. The van der Waals surface area contributed by atoms with Crippen molar-refractivity contribution in [2.24, 2.45) is 0 Å². The lowest BCUT2D eigenvalue weighted by atomic mass is 9.97. The quantitative estimate of drug-likeness (QED) is 0.827. The van der Waals surface area contributed by atoms with Gasteiger partial charge in [0.05, 0.1) is 0 Å². The molecule has 0 saturated carbocycles. The van der Waals surface area contributed by atoms with Gasteiger partial charge in [0, 0.05) is 38.4 Å². The largest absolute Gasteiger partial charge is 0.322 e. The molecule has 0 radical (unpaired) electrons. The molecule has 1 aliphatic carbocycles. The number of piperazine rings is 1. The zero-order valence-electron chi connectivity index (χ0n) is 15.7. The maximum atomic E-state index is 12.5. The first-order valence-electron chi connectivity index (χ1n) is 9.66. The molecule has 1 aromatic carbocycles. The molecular weight excluding hydrogens is 310 g/mol. The molecule has 1 aliphatic heterocycles. The Morgan fingerprint density at radius 2 is 1.92 bits per heavy atom. The molecule has 1 aromatic rings. The summed E-state index contributed by atoms with van der Waals surface area (Å²) in [7, 11) is 0. The number of nitrogens with zero attached hydrogens (tertiary/aromatic N) is 2. The third kappa shape index (κ3) is 4.85. The van der Waals surface area contributed by atoms with Gasteiger partial charge in [-0.25, -0.2) is 4.79 Å². The molecule has 0 aromatic heterocycles. The Bertz CT molecular complexity index is 630. The lowest BCUT2D eigenvalue weighted by molar-refractivity contribution is 0.148. The van der Waals surface area contributed by atoms with Gasteiger partial charge < -0.3 is 10.2 Å². The summed E-state index contributed by atoms with van der Waals surface area (Å²) in [5.41, 5.74) is 4.92. The maximum Gasteiger partial charge on any atom is 0.321 e. The highest BCUT2D eigenvalue weighted by Gasteiger charge is 2.21. The van der Waals surface area contributed by atoms with Gasteiger partial charge in [0.15, 0.2) is 0 Å². The van der Waals surface area contributed by atoms with E-state index in [2.05, 4.69) is 36.2 Å². The number of carbonyl (C=O) groups excluding carboxylic acids is 1. The van der Waals surface area contributed by atoms with E-state index >= 15 is 0 Å². The highest BCUT2D eigenvalue weighted by atomic mass is 16.2. The zero-order valence-corrected chi connectivity index (χ0v) is 15.7. The first-order chi connectivity index (χ1) is 12.1. The van der Waals surface area contributed by atoms with E-state index in [-0.39, 0.29) is 6.03 Å². The first kappa shape index (κ1) is 18.0. The summed E-state index contributed by atoms with van der Waals surface area (Å²) in [4.78, 5) is 17.0. The fourth-order valence-electron chi connectivity index (χ4n) is 3.69. The van der Waals surface area contributed by atoms with Crippen molar-refractivity contribution in [3.63, 3.8) is 0 Å². The topological polar surface area (TPSA) is 35.6 Å². The molecule has 2 amide bonds. The van der Waals surface area contributed by atoms with E-state index in [9.17, 15) is 4.79 Å². The Morgan fingerprint density at radius 3 is 2.64 bits per heavy atom. The van der Waals surface area contributed by atoms with Crippen LogP contribution in [0.4, 0.5) is 10.5 Å². The van der Waals surface area contributed by atoms with Gasteiger partial charge >= 0.3 is 6.03 Å². The van der Waals surface area contributed by atoms with Crippen molar-refractivity contribution in [2.45, 2.75) is 46.0 Å². The van der Waals surface area contributed by atoms with Crippen LogP contribution in [0.25, 0.3) is 0 Å². The molecule has 0 unspecified atom stereocenters. The number of allylic oxidation sites excluding steroid dienone is 1. The molecule has 2 aliphatic rings. The van der Waals surface area contributed by atoms with Crippen LogP contribution >= 0.6 is 0 Å². The van der Waals surface area contributed by atoms with E-state index in [0.29, 0.717) is 0 Å². The standard InChI is InChI=1S/C21H31N3O/c1-17-7-6-10-20(18(17)2)22-21(25)24-15-13-23(14-16-24)12-11-19-8-4-3-5-9-19/h6-8,10H,3-5,9,11-16H2,1-2H3,(H,22,25). The summed E-state index contributed by atoms with van der Waals surface area (Å²) in [6.07, 6.45) is 8.92. The molecule has 1 saturated heterocycles. The van der Waals surface area contributed by atoms with E-state index in [1.165, 1.54) is 37.7 Å². The van der Waals surface area contributed by atoms with Crippen molar-refractivity contribution in [1.82, 2.24) is 9.80 Å². The van der Waals surface area contributed by atoms with Crippen LogP contribution in [-0.2, 0) is 0 Å². The molecule has 0 bridgehead atoms. The molecule has 1 N–H and O–H groups in total. The number of hydrogen-bond acceptors (Lipinski definition) is 2. The van der Waals surface area contributed by atoms with Crippen molar-refractivity contribution in [1.29, 1.82) is 0 Å². The number of anilines is 1. The summed E-state index contributed by atoms with van der Waals surface area (Å²) in [6, 6.07) is 6.08. The Hall–Kier alpha value is -1.81. The smallest absolute Gasteiger partial charge is 0.321 e. The predicted octanol–water partition coefficient (Wildman–Crippen LogP) is 4.34. The lowest BCUT2D eigenvalue weighted by Crippen LogP contribution is -2.50. The van der Waals surface area contributed by atoms with Crippen LogP contribution in [0, 0.1) is 13.8 Å². The molecule has 1 heterocycles. The molecule has 136 valence electrons. The monoisotopic (exact) mass is 341 g/mol. The van der Waals surface area contributed by atoms with E-state index in [1.54, 1.807) is 5.57 Å². The van der Waals surface area contributed by atoms with Crippen LogP contribution in [0.3, 0.4) is 0 Å². The Balaban J connectivity index is 1.44. The van der Waals surface area contributed by atoms with Crippen LogP contribution in [0.1, 0.15) is 43.2 Å². The zero-order chi connectivity index (χ0) is 17.6. The number of rotatable bonds is 4. The lowest BCUT2D eigenvalue weighted by Gasteiger charge is -2.35. The second-order valence-electron chi connectivity index (χ2n) is 7.36. The van der Waals surface area contributed by atoms with E-state index in [4.69, 9.17) is 0 Å². The minimum atomic E-state index is 0.0309. The summed E-state index contributed by atoms with van der Waals surface area (Å²) in [5, 5.41) is 3.08. The Kier molecular flexibility index (Phi) is 6.14. The van der Waals surface area contributed by atoms with Crippen molar-refractivity contribution < 1.29 is 4.79 Å². The highest BCUT2D eigenvalue weighted by Crippen LogP contribution is 2.21. The fraction of sp³-hybridized carbons (Fsp3) is 0.571. The van der Waals surface area contributed by atoms with Gasteiger partial charge in [-0.1, -0.05) is 23.8 Å². The highest BCUT2D eigenvalue weighted by molar-refractivity contribution is 5.90. The summed E-state index contributed by atoms with van der Waals surface area (Å²) in [6.45, 7) is 8.86. The second-order valence-corrected chi connectivity index (χ2v) is 7.36. The minimum absolute atomic E-state index is 0.0309. The van der Waals surface area contributed by atoms with Gasteiger partial charge in [-0.05, 0) is 63.1 Å². The molecule has 25 heavy (non-hydrogen) atoms. The van der Waals surface area contributed by atoms with Crippen molar-refractivity contribution >= 4 is 11.7 Å². The van der Waals surface area contributed by atoms with Crippen LogP contribution in [0.15, 0.2) is 29.8 Å². The van der Waals surface area contributed by atoms with Gasteiger partial charge in [0.25, 0.3) is 0 Å². The number of hydrogen-bond donors (Lipinski definition) is 1. The molecule has 4 heteroatoms. The van der Waals surface area contributed by atoms with Gasteiger partial charge in [-0.2, -0.15) is 0 Å². The first-order valence-corrected chi connectivity index (χ1v) is 9.66. The maximum absolute atomic E-state index is 12.5. The van der Waals surface area contributed by atoms with Crippen molar-refractivity contribution in [2.75, 3.05) is 38.0 Å². The van der Waals surface area contributed by atoms with Gasteiger partial charge in [0.2, 0.25) is 0 Å². The van der Waals surface area contributed by atoms with Crippen molar-refractivity contribution in [3.05, 3.63) is 41.0 Å². The van der Waals surface area contributed by atoms with Crippen LogP contribution in [0.5, 0.6) is 0 Å². The molecule has 4 nitrogen and oxygen atoms in total. The van der Waals surface area contributed by atoms with Crippen LogP contribution in [0.2, 0.25) is 0 Å². The number of urea groups is 1. The van der Waals surface area contributed by atoms with Gasteiger partial charge in [-0.3, -0.25) is 4.90 Å². The molecule has 3 rings (SSSR count). The third-order valence-corrected chi connectivity index (χ3v) is 5.64. The normalized spacial score (nSPS) is 18.8. The number of carbonyl (C=O) groups is 1. The minimum Gasteiger partial charge on any atom is -0.322 e. The molecule has 0 atom stereocenters. The third-order valence-electron chi connectivity index (χ3n) is 5.64. The van der Waals surface area contributed by atoms with Crippen LogP contribution < -0.4 is 5.32 Å². The van der Waals surface area contributed by atoms with E-state index in [1.807, 2.05) is 17.0 Å². The fourth-order valence-corrected chi connectivity index (χ4v) is 3.69. The number of nitrogens with one attached hydrogen (secondary N) is 1. The van der Waals surface area contributed by atoms with E-state index < -0.39 is 0 Å². The van der Waals surface area contributed by atoms with Crippen LogP contribution in [-0.4, -0.2) is 48.6 Å². The molecule has 1 fully saturated rings. The predicted molar refractivity (Wildman–Crippen MR) is 104 cm³/mol. The van der Waals surface area contributed by atoms with E-state index in [0.717, 1.165) is 44.0 Å². The number of benzene rings is 1. The second kappa shape index (κ2) is 8.52. The molecular formula is C21H31N3O. The number of aryl methyl sites for hydroxylation is 1. The Morgan fingerprint density at radius 1 is 1.12 bits per heavy atom. The summed E-state index contributed by atoms with van der Waals surface area (Å²) in [5.74, 6) is 0. The average Bonchev–Trinajstić information content (AvgIpc) is 2.65. The van der Waals surface area contributed by atoms with Crippen molar-refractivity contribution in [3.8, 4) is 0 Å². The average molecular weight is 341 g/mol. The number of amides is 2. The Labute approximate surface area is 151 Å². The SMILES string of the molecule is Cc1cccc(NC(=O)N2CCN(CCC3=CCCCC3)CC2)c1C. The summed E-state index contributed by atoms with van der Waals surface area (Å²) < 4.78 is 0. The molecule has 0 spiro atoms.